The van der Waals surface area contributed by atoms with Gasteiger partial charge in [-0.25, -0.2) is 4.39 Å². The van der Waals surface area contributed by atoms with Crippen LogP contribution in [0, 0.1) is 5.82 Å². The van der Waals surface area contributed by atoms with Gasteiger partial charge >= 0.3 is 0 Å². The first-order valence-corrected chi connectivity index (χ1v) is 6.22. The highest BCUT2D eigenvalue weighted by Crippen LogP contribution is 2.14. The summed E-state index contributed by atoms with van der Waals surface area (Å²) in [4.78, 5) is 11.7. The minimum atomic E-state index is -0.337. The van der Waals surface area contributed by atoms with Crippen LogP contribution in [0.25, 0.3) is 0 Å². The largest absolute Gasteiger partial charge is 0.348 e. The molecule has 104 valence electrons. The highest BCUT2D eigenvalue weighted by molar-refractivity contribution is 5.92. The molecule has 6 heteroatoms. The Balaban J connectivity index is 2.07. The summed E-state index contributed by atoms with van der Waals surface area (Å²) in [6.07, 6.45) is 0. The SMILES string of the molecule is CC(C)NC(=O)c1ccc(Nc2cccc(F)c2)nn1. The van der Waals surface area contributed by atoms with Crippen LogP contribution < -0.4 is 10.6 Å². The number of carbonyl (C=O) groups is 1. The number of carbonyl (C=O) groups excluding carboxylic acids is 1. The number of benzene rings is 1. The van der Waals surface area contributed by atoms with Crippen LogP contribution in [0.3, 0.4) is 0 Å². The molecule has 2 rings (SSSR count). The summed E-state index contributed by atoms with van der Waals surface area (Å²) < 4.78 is 13.0. The number of nitrogens with one attached hydrogen (secondary N) is 2. The Hall–Kier alpha value is -2.50. The molecule has 0 saturated heterocycles. The van der Waals surface area contributed by atoms with Gasteiger partial charge in [0, 0.05) is 11.7 Å². The van der Waals surface area contributed by atoms with E-state index in [1.54, 1.807) is 24.3 Å². The normalized spacial score (nSPS) is 10.4. The van der Waals surface area contributed by atoms with Gasteiger partial charge in [-0.15, -0.1) is 10.2 Å². The van der Waals surface area contributed by atoms with Crippen LogP contribution in [0.1, 0.15) is 24.3 Å². The number of anilines is 2. The Morgan fingerprint density at radius 1 is 1.20 bits per heavy atom. The van der Waals surface area contributed by atoms with Crippen LogP contribution in [0.4, 0.5) is 15.9 Å². The summed E-state index contributed by atoms with van der Waals surface area (Å²) in [5.41, 5.74) is 0.808. The van der Waals surface area contributed by atoms with E-state index in [0.717, 1.165) is 0 Å². The monoisotopic (exact) mass is 274 g/mol. The highest BCUT2D eigenvalue weighted by Gasteiger charge is 2.09. The van der Waals surface area contributed by atoms with Crippen molar-refractivity contribution in [3.8, 4) is 0 Å². The van der Waals surface area contributed by atoms with Gasteiger partial charge in [0.15, 0.2) is 11.5 Å². The summed E-state index contributed by atoms with van der Waals surface area (Å²) in [5.74, 6) is -0.169. The first-order valence-electron chi connectivity index (χ1n) is 6.22. The van der Waals surface area contributed by atoms with E-state index in [9.17, 15) is 9.18 Å². The number of rotatable bonds is 4. The predicted octanol–water partition coefficient (Wildman–Crippen LogP) is 2.50. The molecular formula is C14H15FN4O. The van der Waals surface area contributed by atoms with Crippen molar-refractivity contribution in [1.29, 1.82) is 0 Å². The maximum atomic E-state index is 13.0. The Bertz CT molecular complexity index is 598. The average molecular weight is 274 g/mol. The molecule has 1 heterocycles. The van der Waals surface area contributed by atoms with Crippen LogP contribution in [0.15, 0.2) is 36.4 Å². The lowest BCUT2D eigenvalue weighted by molar-refractivity contribution is 0.0937. The zero-order chi connectivity index (χ0) is 14.5. The second-order valence-electron chi connectivity index (χ2n) is 4.57. The molecular weight excluding hydrogens is 259 g/mol. The first kappa shape index (κ1) is 13.9. The fraction of sp³-hybridized carbons (Fsp3) is 0.214. The van der Waals surface area contributed by atoms with Crippen molar-refractivity contribution in [2.24, 2.45) is 0 Å². The Labute approximate surface area is 116 Å². The Morgan fingerprint density at radius 3 is 2.60 bits per heavy atom. The minimum Gasteiger partial charge on any atom is -0.348 e. The minimum absolute atomic E-state index is 0.0365. The fourth-order valence-corrected chi connectivity index (χ4v) is 1.57. The molecule has 0 saturated carbocycles. The van der Waals surface area contributed by atoms with Crippen molar-refractivity contribution < 1.29 is 9.18 Å². The van der Waals surface area contributed by atoms with Gasteiger partial charge in [-0.05, 0) is 44.2 Å². The number of nitrogens with zero attached hydrogens (tertiary/aromatic N) is 2. The van der Waals surface area contributed by atoms with Crippen molar-refractivity contribution in [1.82, 2.24) is 15.5 Å². The number of hydrogen-bond acceptors (Lipinski definition) is 4. The molecule has 0 atom stereocenters. The topological polar surface area (TPSA) is 66.9 Å². The van der Waals surface area contributed by atoms with Gasteiger partial charge in [0.25, 0.3) is 5.91 Å². The van der Waals surface area contributed by atoms with Crippen LogP contribution in [-0.4, -0.2) is 22.1 Å². The van der Waals surface area contributed by atoms with Crippen LogP contribution in [0.5, 0.6) is 0 Å². The smallest absolute Gasteiger partial charge is 0.271 e. The molecule has 0 radical (unpaired) electrons. The summed E-state index contributed by atoms with van der Waals surface area (Å²) >= 11 is 0. The van der Waals surface area contributed by atoms with Crippen molar-refractivity contribution in [3.63, 3.8) is 0 Å². The summed E-state index contributed by atoms with van der Waals surface area (Å²) in [6.45, 7) is 3.73. The quantitative estimate of drug-likeness (QED) is 0.899. The Morgan fingerprint density at radius 2 is 2.00 bits per heavy atom. The molecule has 2 N–H and O–H groups in total. The third kappa shape index (κ3) is 3.74. The Kier molecular flexibility index (Phi) is 4.24. The molecule has 0 aliphatic carbocycles. The van der Waals surface area contributed by atoms with Crippen LogP contribution in [0.2, 0.25) is 0 Å². The summed E-state index contributed by atoms with van der Waals surface area (Å²) in [7, 11) is 0. The molecule has 1 aromatic carbocycles. The first-order chi connectivity index (χ1) is 9.54. The van der Waals surface area contributed by atoms with E-state index in [1.807, 2.05) is 13.8 Å². The van der Waals surface area contributed by atoms with Gasteiger partial charge < -0.3 is 10.6 Å². The molecule has 0 spiro atoms. The van der Waals surface area contributed by atoms with E-state index < -0.39 is 0 Å². The number of hydrogen-bond donors (Lipinski definition) is 2. The second kappa shape index (κ2) is 6.10. The molecule has 5 nitrogen and oxygen atoms in total. The summed E-state index contributed by atoms with van der Waals surface area (Å²) in [5, 5.41) is 13.4. The molecule has 0 unspecified atom stereocenters. The van der Waals surface area contributed by atoms with Crippen molar-refractivity contribution in [2.45, 2.75) is 19.9 Å². The molecule has 1 aromatic heterocycles. The maximum Gasteiger partial charge on any atom is 0.271 e. The van der Waals surface area contributed by atoms with Crippen molar-refractivity contribution >= 4 is 17.4 Å². The molecule has 0 aliphatic heterocycles. The van der Waals surface area contributed by atoms with Crippen LogP contribution >= 0.6 is 0 Å². The van der Waals surface area contributed by atoms with E-state index in [4.69, 9.17) is 0 Å². The van der Waals surface area contributed by atoms with Gasteiger partial charge in [-0.2, -0.15) is 0 Å². The molecule has 1 amide bonds. The van der Waals surface area contributed by atoms with Crippen molar-refractivity contribution in [2.75, 3.05) is 5.32 Å². The lowest BCUT2D eigenvalue weighted by Gasteiger charge is -2.08. The van der Waals surface area contributed by atoms with Gasteiger partial charge in [0.2, 0.25) is 0 Å². The lowest BCUT2D eigenvalue weighted by Crippen LogP contribution is -2.30. The van der Waals surface area contributed by atoms with E-state index >= 15 is 0 Å². The number of halogens is 1. The predicted molar refractivity (Wildman–Crippen MR) is 74.3 cm³/mol. The zero-order valence-corrected chi connectivity index (χ0v) is 11.2. The molecule has 2 aromatic rings. The van der Waals surface area contributed by atoms with E-state index in [0.29, 0.717) is 11.5 Å². The van der Waals surface area contributed by atoms with E-state index in [2.05, 4.69) is 20.8 Å². The standard InChI is InChI=1S/C14H15FN4O/c1-9(2)16-14(20)12-6-7-13(19-18-12)17-11-5-3-4-10(15)8-11/h3-9H,1-2H3,(H,16,20)(H,17,19). The maximum absolute atomic E-state index is 13.0. The third-order valence-electron chi connectivity index (χ3n) is 2.41. The van der Waals surface area contributed by atoms with Crippen molar-refractivity contribution in [3.05, 3.63) is 47.9 Å². The molecule has 20 heavy (non-hydrogen) atoms. The van der Waals surface area contributed by atoms with Crippen LogP contribution in [-0.2, 0) is 0 Å². The van der Waals surface area contributed by atoms with Gasteiger partial charge in [-0.3, -0.25) is 4.79 Å². The van der Waals surface area contributed by atoms with Gasteiger partial charge in [0.05, 0.1) is 0 Å². The van der Waals surface area contributed by atoms with Gasteiger partial charge in [0.1, 0.15) is 5.82 Å². The molecule has 0 fully saturated rings. The van der Waals surface area contributed by atoms with E-state index in [-0.39, 0.29) is 23.5 Å². The molecule has 0 aliphatic rings. The third-order valence-corrected chi connectivity index (χ3v) is 2.41. The second-order valence-corrected chi connectivity index (χ2v) is 4.57. The number of aromatic nitrogens is 2. The average Bonchev–Trinajstić information content (AvgIpc) is 2.38. The van der Waals surface area contributed by atoms with E-state index in [1.165, 1.54) is 12.1 Å². The lowest BCUT2D eigenvalue weighted by atomic mass is 10.3. The fourth-order valence-electron chi connectivity index (χ4n) is 1.57. The zero-order valence-electron chi connectivity index (χ0n) is 11.2. The highest BCUT2D eigenvalue weighted by atomic mass is 19.1. The summed E-state index contributed by atoms with van der Waals surface area (Å²) in [6, 6.07) is 9.23. The number of amides is 1. The molecule has 0 bridgehead atoms. The van der Waals surface area contributed by atoms with Gasteiger partial charge in [-0.1, -0.05) is 6.07 Å².